The van der Waals surface area contributed by atoms with Gasteiger partial charge in [-0.1, -0.05) is 42.8 Å². The topological polar surface area (TPSA) is 62.0 Å². The molecule has 2 atom stereocenters. The van der Waals surface area contributed by atoms with E-state index in [0.29, 0.717) is 12.3 Å². The van der Waals surface area contributed by atoms with E-state index in [1.54, 1.807) is 5.06 Å². The molecule has 0 aromatic heterocycles. The van der Waals surface area contributed by atoms with Crippen molar-refractivity contribution in [3.05, 3.63) is 59.2 Å². The van der Waals surface area contributed by atoms with E-state index in [1.165, 1.54) is 29.5 Å². The zero-order valence-electron chi connectivity index (χ0n) is 20.5. The number of hydrogen-bond donors (Lipinski definition) is 1. The summed E-state index contributed by atoms with van der Waals surface area (Å²) >= 11 is 0. The number of nitrogens with two attached hydrogens (primary N) is 1. The molecule has 2 aliphatic heterocycles. The predicted octanol–water partition coefficient (Wildman–Crippen LogP) is 4.21. The Morgan fingerprint density at radius 1 is 1.12 bits per heavy atom. The number of Topliss-reactive ketones (excluding diaryl/α,β-unsaturated/α-hetero) is 1. The van der Waals surface area contributed by atoms with Crippen molar-refractivity contribution in [3.8, 4) is 0 Å². The molecule has 1 saturated heterocycles. The Labute approximate surface area is 198 Å². The van der Waals surface area contributed by atoms with Crippen LogP contribution >= 0.6 is 0 Å². The van der Waals surface area contributed by atoms with E-state index in [1.807, 2.05) is 20.9 Å². The van der Waals surface area contributed by atoms with Crippen molar-refractivity contribution in [2.75, 3.05) is 36.6 Å². The maximum absolute atomic E-state index is 12.4. The molecule has 0 bridgehead atoms. The standard InChI is InChI=1S/C27H38N4O2/c1-5-24(27(32)17-28)31-25-11-8-21(16-26(25)29(4)20(3)33-31)18-30-14-12-23(13-15-30)22-9-6-19(2)7-10-22/h6-11,16,20,23-24H,5,12-15,17-18,28H2,1-4H3. The third kappa shape index (κ3) is 5.08. The SMILES string of the molecule is CCC(C(=O)CN)N1OC(C)N(C)c2cc(CN3CCC(c4ccc(C)cc4)CC3)ccc21. The molecule has 1 fully saturated rings. The van der Waals surface area contributed by atoms with E-state index in [2.05, 4.69) is 59.2 Å². The molecule has 178 valence electrons. The number of rotatable bonds is 7. The molecular formula is C27H38N4O2. The second-order valence-electron chi connectivity index (χ2n) is 9.52. The van der Waals surface area contributed by atoms with Crippen molar-refractivity contribution in [2.45, 2.75) is 64.8 Å². The Bertz CT molecular complexity index is 953. The van der Waals surface area contributed by atoms with Gasteiger partial charge in [0.25, 0.3) is 0 Å². The molecule has 2 N–H and O–H groups in total. The third-order valence-electron chi connectivity index (χ3n) is 7.25. The number of piperidine rings is 1. The Hall–Kier alpha value is -2.41. The van der Waals surface area contributed by atoms with Crippen LogP contribution in [0.5, 0.6) is 0 Å². The van der Waals surface area contributed by atoms with E-state index in [9.17, 15) is 4.79 Å². The summed E-state index contributed by atoms with van der Waals surface area (Å²) < 4.78 is 0. The zero-order chi connectivity index (χ0) is 23.5. The number of hydroxylamine groups is 1. The molecule has 0 amide bonds. The number of likely N-dealkylation sites (tertiary alicyclic amines) is 1. The highest BCUT2D eigenvalue weighted by Gasteiger charge is 2.34. The van der Waals surface area contributed by atoms with Crippen LogP contribution in [0.4, 0.5) is 11.4 Å². The number of benzene rings is 2. The van der Waals surface area contributed by atoms with Gasteiger partial charge < -0.3 is 10.6 Å². The second kappa shape index (κ2) is 10.2. The number of aryl methyl sites for hydroxylation is 1. The maximum atomic E-state index is 12.4. The van der Waals surface area contributed by atoms with Gasteiger partial charge in [0.05, 0.1) is 17.9 Å². The van der Waals surface area contributed by atoms with Crippen LogP contribution in [0.15, 0.2) is 42.5 Å². The minimum atomic E-state index is -0.364. The Morgan fingerprint density at radius 3 is 2.45 bits per heavy atom. The fraction of sp³-hybridized carbons (Fsp3) is 0.519. The number of carbonyl (C=O) groups is 1. The van der Waals surface area contributed by atoms with Gasteiger partial charge in [0, 0.05) is 13.6 Å². The van der Waals surface area contributed by atoms with Crippen LogP contribution in [0, 0.1) is 6.92 Å². The van der Waals surface area contributed by atoms with Gasteiger partial charge in [-0.15, -0.1) is 0 Å². The van der Waals surface area contributed by atoms with Gasteiger partial charge in [-0.3, -0.25) is 9.69 Å². The Morgan fingerprint density at radius 2 is 1.82 bits per heavy atom. The van der Waals surface area contributed by atoms with Gasteiger partial charge >= 0.3 is 0 Å². The van der Waals surface area contributed by atoms with Gasteiger partial charge in [-0.2, -0.15) is 0 Å². The Kier molecular flexibility index (Phi) is 7.37. The first kappa shape index (κ1) is 23.7. The van der Waals surface area contributed by atoms with Crippen LogP contribution in [-0.4, -0.2) is 49.6 Å². The largest absolute Gasteiger partial charge is 0.346 e. The first-order chi connectivity index (χ1) is 15.9. The van der Waals surface area contributed by atoms with Crippen molar-refractivity contribution in [1.29, 1.82) is 0 Å². The Balaban J connectivity index is 1.46. The van der Waals surface area contributed by atoms with Gasteiger partial charge in [-0.05, 0) is 75.4 Å². The molecule has 2 aliphatic rings. The van der Waals surface area contributed by atoms with E-state index < -0.39 is 0 Å². The molecular weight excluding hydrogens is 412 g/mol. The molecule has 2 heterocycles. The third-order valence-corrected chi connectivity index (χ3v) is 7.25. The van der Waals surface area contributed by atoms with Gasteiger partial charge in [-0.25, -0.2) is 9.90 Å². The van der Waals surface area contributed by atoms with E-state index in [0.717, 1.165) is 31.0 Å². The molecule has 0 saturated carbocycles. The van der Waals surface area contributed by atoms with Crippen molar-refractivity contribution < 1.29 is 9.63 Å². The average molecular weight is 451 g/mol. The second-order valence-corrected chi connectivity index (χ2v) is 9.52. The smallest absolute Gasteiger partial charge is 0.171 e. The fourth-order valence-corrected chi connectivity index (χ4v) is 5.05. The summed E-state index contributed by atoms with van der Waals surface area (Å²) in [5, 5.41) is 1.78. The van der Waals surface area contributed by atoms with Crippen molar-refractivity contribution in [2.24, 2.45) is 5.73 Å². The van der Waals surface area contributed by atoms with Crippen LogP contribution in [0.3, 0.4) is 0 Å². The minimum absolute atomic E-state index is 0.000673. The summed E-state index contributed by atoms with van der Waals surface area (Å²) in [6.45, 7) is 9.34. The summed E-state index contributed by atoms with van der Waals surface area (Å²) in [6.07, 6.45) is 2.90. The predicted molar refractivity (Wildman–Crippen MR) is 134 cm³/mol. The molecule has 4 rings (SSSR count). The summed E-state index contributed by atoms with van der Waals surface area (Å²) in [5.41, 5.74) is 11.8. The molecule has 2 aromatic carbocycles. The summed E-state index contributed by atoms with van der Waals surface area (Å²) in [6, 6.07) is 15.2. The lowest BCUT2D eigenvalue weighted by Gasteiger charge is -2.43. The maximum Gasteiger partial charge on any atom is 0.171 e. The van der Waals surface area contributed by atoms with Gasteiger partial charge in [0.2, 0.25) is 0 Å². The molecule has 6 nitrogen and oxygen atoms in total. The molecule has 6 heteroatoms. The molecule has 2 unspecified atom stereocenters. The number of anilines is 2. The molecule has 2 aromatic rings. The molecule has 0 aliphatic carbocycles. The van der Waals surface area contributed by atoms with Crippen molar-refractivity contribution >= 4 is 17.2 Å². The number of nitrogens with zero attached hydrogens (tertiary/aromatic N) is 3. The van der Waals surface area contributed by atoms with E-state index in [-0.39, 0.29) is 24.6 Å². The molecule has 0 radical (unpaired) electrons. The summed E-state index contributed by atoms with van der Waals surface area (Å²) in [7, 11) is 2.05. The van der Waals surface area contributed by atoms with Crippen LogP contribution in [0.25, 0.3) is 0 Å². The number of carbonyl (C=O) groups excluding carboxylic acids is 1. The normalized spacial score (nSPS) is 20.6. The summed E-state index contributed by atoms with van der Waals surface area (Å²) in [5.74, 6) is 0.662. The van der Waals surface area contributed by atoms with Gasteiger partial charge in [0.15, 0.2) is 12.0 Å². The first-order valence-corrected chi connectivity index (χ1v) is 12.2. The van der Waals surface area contributed by atoms with Crippen LogP contribution in [0.1, 0.15) is 55.7 Å². The lowest BCUT2D eigenvalue weighted by Crippen LogP contribution is -2.51. The van der Waals surface area contributed by atoms with Crippen LogP contribution in [-0.2, 0) is 16.2 Å². The zero-order valence-corrected chi connectivity index (χ0v) is 20.5. The number of ketones is 1. The highest BCUT2D eigenvalue weighted by Crippen LogP contribution is 2.38. The number of fused-ring (bicyclic) bond motifs is 1. The average Bonchev–Trinajstić information content (AvgIpc) is 2.83. The lowest BCUT2D eigenvalue weighted by molar-refractivity contribution is -0.122. The van der Waals surface area contributed by atoms with E-state index >= 15 is 0 Å². The summed E-state index contributed by atoms with van der Waals surface area (Å²) in [4.78, 5) is 23.3. The highest BCUT2D eigenvalue weighted by atomic mass is 16.7. The van der Waals surface area contributed by atoms with Crippen LogP contribution in [0.2, 0.25) is 0 Å². The minimum Gasteiger partial charge on any atom is -0.346 e. The quantitative estimate of drug-likeness (QED) is 0.682. The highest BCUT2D eigenvalue weighted by molar-refractivity contribution is 5.90. The lowest BCUT2D eigenvalue weighted by atomic mass is 9.89. The molecule has 33 heavy (non-hydrogen) atoms. The molecule has 0 spiro atoms. The van der Waals surface area contributed by atoms with Crippen molar-refractivity contribution in [3.63, 3.8) is 0 Å². The number of hydrogen-bond acceptors (Lipinski definition) is 6. The van der Waals surface area contributed by atoms with Crippen LogP contribution < -0.4 is 15.7 Å². The monoisotopic (exact) mass is 450 g/mol. The fourth-order valence-electron chi connectivity index (χ4n) is 5.05. The van der Waals surface area contributed by atoms with E-state index in [4.69, 9.17) is 10.6 Å². The first-order valence-electron chi connectivity index (χ1n) is 12.2. The van der Waals surface area contributed by atoms with Gasteiger partial charge in [0.1, 0.15) is 6.04 Å². The van der Waals surface area contributed by atoms with Crippen molar-refractivity contribution in [1.82, 2.24) is 4.90 Å².